The minimum Gasteiger partial charge on any atom is -0.258 e. The number of benzene rings is 3. The average molecular weight is 393 g/mol. The highest BCUT2D eigenvalue weighted by Gasteiger charge is 2.25. The molecule has 0 spiro atoms. The highest BCUT2D eigenvalue weighted by Crippen LogP contribution is 2.30. The third-order valence-electron chi connectivity index (χ3n) is 4.41. The number of nitrogens with zero attached hydrogens (tertiary/aromatic N) is 3. The van der Waals surface area contributed by atoms with Gasteiger partial charge in [0.25, 0.3) is 15.7 Å². The maximum atomic E-state index is 13.4. The van der Waals surface area contributed by atoms with Crippen LogP contribution in [0.25, 0.3) is 22.4 Å². The van der Waals surface area contributed by atoms with Gasteiger partial charge in [0, 0.05) is 17.7 Å². The lowest BCUT2D eigenvalue weighted by molar-refractivity contribution is -0.384. The Morgan fingerprint density at radius 3 is 2.21 bits per heavy atom. The molecule has 0 aliphatic carbocycles. The predicted octanol–water partition coefficient (Wildman–Crippen LogP) is 4.16. The van der Waals surface area contributed by atoms with Gasteiger partial charge in [0.2, 0.25) is 0 Å². The van der Waals surface area contributed by atoms with Crippen LogP contribution in [-0.4, -0.2) is 22.3 Å². The summed E-state index contributed by atoms with van der Waals surface area (Å²) in [7, 11) is -3.92. The fourth-order valence-electron chi connectivity index (χ4n) is 2.98. The topological polar surface area (TPSA) is 95.1 Å². The van der Waals surface area contributed by atoms with Gasteiger partial charge < -0.3 is 0 Å². The molecule has 0 fully saturated rings. The summed E-state index contributed by atoms with van der Waals surface area (Å²) in [4.78, 5) is 15.0. The zero-order valence-electron chi connectivity index (χ0n) is 14.8. The number of aryl methyl sites for hydroxylation is 1. The number of para-hydroxylation sites is 2. The lowest BCUT2D eigenvalue weighted by atomic mass is 10.2. The molecule has 3 aromatic carbocycles. The maximum absolute atomic E-state index is 13.4. The Kier molecular flexibility index (Phi) is 4.20. The first-order valence-electron chi connectivity index (χ1n) is 8.42. The van der Waals surface area contributed by atoms with E-state index in [0.717, 1.165) is 5.56 Å². The summed E-state index contributed by atoms with van der Waals surface area (Å²) < 4.78 is 28.0. The molecule has 0 bridgehead atoms. The average Bonchev–Trinajstić information content (AvgIpc) is 3.09. The molecule has 7 nitrogen and oxygen atoms in total. The van der Waals surface area contributed by atoms with E-state index >= 15 is 0 Å². The Morgan fingerprint density at radius 1 is 0.929 bits per heavy atom. The van der Waals surface area contributed by atoms with Gasteiger partial charge in [0.1, 0.15) is 0 Å². The Hall–Kier alpha value is -3.52. The molecule has 140 valence electrons. The van der Waals surface area contributed by atoms with Gasteiger partial charge in [-0.25, -0.2) is 17.4 Å². The molecule has 28 heavy (non-hydrogen) atoms. The molecule has 1 heterocycles. The van der Waals surface area contributed by atoms with Gasteiger partial charge >= 0.3 is 0 Å². The smallest absolute Gasteiger partial charge is 0.258 e. The zero-order valence-corrected chi connectivity index (χ0v) is 15.6. The third kappa shape index (κ3) is 2.93. The molecule has 4 aromatic rings. The Morgan fingerprint density at radius 2 is 1.57 bits per heavy atom. The van der Waals surface area contributed by atoms with Crippen LogP contribution < -0.4 is 0 Å². The fourth-order valence-corrected chi connectivity index (χ4v) is 4.46. The van der Waals surface area contributed by atoms with Crippen LogP contribution >= 0.6 is 0 Å². The Labute approximate surface area is 161 Å². The van der Waals surface area contributed by atoms with Crippen molar-refractivity contribution in [2.24, 2.45) is 0 Å². The minimum atomic E-state index is -3.92. The summed E-state index contributed by atoms with van der Waals surface area (Å²) in [5.41, 5.74) is 2.30. The summed E-state index contributed by atoms with van der Waals surface area (Å²) >= 11 is 0. The number of fused-ring (bicyclic) bond motifs is 1. The van der Waals surface area contributed by atoms with Crippen molar-refractivity contribution in [1.29, 1.82) is 0 Å². The van der Waals surface area contributed by atoms with Crippen molar-refractivity contribution in [1.82, 2.24) is 8.96 Å². The summed E-state index contributed by atoms with van der Waals surface area (Å²) in [6, 6.07) is 19.2. The molecule has 0 saturated carbocycles. The van der Waals surface area contributed by atoms with Crippen LogP contribution in [0.3, 0.4) is 0 Å². The second-order valence-electron chi connectivity index (χ2n) is 6.31. The van der Waals surface area contributed by atoms with E-state index in [9.17, 15) is 18.5 Å². The molecule has 4 rings (SSSR count). The quantitative estimate of drug-likeness (QED) is 0.383. The van der Waals surface area contributed by atoms with Crippen molar-refractivity contribution in [2.45, 2.75) is 11.8 Å². The first-order valence-corrected chi connectivity index (χ1v) is 9.86. The predicted molar refractivity (Wildman–Crippen MR) is 106 cm³/mol. The van der Waals surface area contributed by atoms with E-state index in [0.29, 0.717) is 16.6 Å². The van der Waals surface area contributed by atoms with Gasteiger partial charge in [-0.05, 0) is 43.3 Å². The van der Waals surface area contributed by atoms with Gasteiger partial charge in [-0.2, -0.15) is 0 Å². The number of hydrogen-bond donors (Lipinski definition) is 0. The molecule has 0 aliphatic rings. The van der Waals surface area contributed by atoms with Crippen molar-refractivity contribution >= 4 is 26.7 Å². The van der Waals surface area contributed by atoms with Gasteiger partial charge in [-0.15, -0.1) is 0 Å². The van der Waals surface area contributed by atoms with Gasteiger partial charge in [0.15, 0.2) is 5.82 Å². The van der Waals surface area contributed by atoms with E-state index in [1.807, 2.05) is 6.92 Å². The van der Waals surface area contributed by atoms with Crippen LogP contribution in [0.15, 0.2) is 77.7 Å². The zero-order chi connectivity index (χ0) is 19.9. The number of rotatable bonds is 4. The molecule has 0 radical (unpaired) electrons. The lowest BCUT2D eigenvalue weighted by Crippen LogP contribution is -2.14. The molecule has 0 saturated heterocycles. The number of nitro groups is 1. The third-order valence-corrected chi connectivity index (χ3v) is 6.13. The fraction of sp³-hybridized carbons (Fsp3) is 0.0500. The van der Waals surface area contributed by atoms with Crippen LogP contribution in [-0.2, 0) is 10.0 Å². The van der Waals surface area contributed by atoms with Crippen LogP contribution in [0.4, 0.5) is 5.69 Å². The molecular formula is C20H15N3O4S. The van der Waals surface area contributed by atoms with Gasteiger partial charge in [0.05, 0.1) is 20.9 Å². The van der Waals surface area contributed by atoms with E-state index in [4.69, 9.17) is 0 Å². The SMILES string of the molecule is Cc1ccc(S(=O)(=O)n2c(-c3ccc([N+](=O)[O-])cc3)nc3ccccc32)cc1. The maximum Gasteiger partial charge on any atom is 0.269 e. The number of hydrogen-bond acceptors (Lipinski definition) is 5. The van der Waals surface area contributed by atoms with E-state index in [1.165, 1.54) is 28.2 Å². The first kappa shape index (κ1) is 17.9. The first-order chi connectivity index (χ1) is 13.4. The van der Waals surface area contributed by atoms with Crippen molar-refractivity contribution in [3.05, 3.63) is 88.5 Å². The lowest BCUT2D eigenvalue weighted by Gasteiger charge is -2.11. The molecular weight excluding hydrogens is 378 g/mol. The molecule has 1 aromatic heterocycles. The normalized spacial score (nSPS) is 11.6. The Bertz CT molecular complexity index is 1290. The number of non-ortho nitro benzene ring substituents is 1. The second kappa shape index (κ2) is 6.58. The van der Waals surface area contributed by atoms with Crippen LogP contribution in [0.1, 0.15) is 5.56 Å². The van der Waals surface area contributed by atoms with E-state index in [1.54, 1.807) is 48.5 Å². The van der Waals surface area contributed by atoms with E-state index < -0.39 is 14.9 Å². The van der Waals surface area contributed by atoms with Crippen LogP contribution in [0.5, 0.6) is 0 Å². The minimum absolute atomic E-state index is 0.0761. The molecule has 0 N–H and O–H groups in total. The van der Waals surface area contributed by atoms with Crippen LogP contribution in [0.2, 0.25) is 0 Å². The highest BCUT2D eigenvalue weighted by molar-refractivity contribution is 7.90. The largest absolute Gasteiger partial charge is 0.269 e. The van der Waals surface area contributed by atoms with Gasteiger partial charge in [-0.3, -0.25) is 10.1 Å². The molecule has 0 aliphatic heterocycles. The molecule has 8 heteroatoms. The van der Waals surface area contributed by atoms with E-state index in [2.05, 4.69) is 4.98 Å². The van der Waals surface area contributed by atoms with Crippen molar-refractivity contribution in [2.75, 3.05) is 0 Å². The molecule has 0 amide bonds. The molecule has 0 unspecified atom stereocenters. The van der Waals surface area contributed by atoms with Crippen molar-refractivity contribution in [3.63, 3.8) is 0 Å². The van der Waals surface area contributed by atoms with Crippen molar-refractivity contribution < 1.29 is 13.3 Å². The number of nitro benzene ring substituents is 1. The second-order valence-corrected chi connectivity index (χ2v) is 8.10. The van der Waals surface area contributed by atoms with E-state index in [-0.39, 0.29) is 16.4 Å². The Balaban J connectivity index is 1.98. The van der Waals surface area contributed by atoms with Gasteiger partial charge in [-0.1, -0.05) is 29.8 Å². The number of aromatic nitrogens is 2. The summed E-state index contributed by atoms with van der Waals surface area (Å²) in [6.45, 7) is 1.88. The number of imidazole rings is 1. The summed E-state index contributed by atoms with van der Waals surface area (Å²) in [6.07, 6.45) is 0. The standard InChI is InChI=1S/C20H15N3O4S/c1-14-6-12-17(13-7-14)28(26,27)22-19-5-3-2-4-18(19)21-20(22)15-8-10-16(11-9-15)23(24)25/h2-13H,1H3. The monoisotopic (exact) mass is 393 g/mol. The van der Waals surface area contributed by atoms with Crippen LogP contribution in [0, 0.1) is 17.0 Å². The summed E-state index contributed by atoms with van der Waals surface area (Å²) in [5, 5.41) is 10.9. The summed E-state index contributed by atoms with van der Waals surface area (Å²) in [5.74, 6) is 0.205. The molecule has 0 atom stereocenters. The van der Waals surface area contributed by atoms with Crippen molar-refractivity contribution in [3.8, 4) is 11.4 Å². The highest BCUT2D eigenvalue weighted by atomic mass is 32.2.